The summed E-state index contributed by atoms with van der Waals surface area (Å²) < 4.78 is 0. The van der Waals surface area contributed by atoms with Crippen LogP contribution in [0, 0.1) is 6.92 Å². The van der Waals surface area contributed by atoms with Crippen LogP contribution in [-0.4, -0.2) is 15.2 Å². The molecule has 0 fully saturated rings. The number of phenolic OH excluding ortho intramolecular Hbond substituents is 1. The van der Waals surface area contributed by atoms with Crippen molar-refractivity contribution in [1.82, 2.24) is 4.98 Å². The first kappa shape index (κ1) is 13.1. The first-order valence-corrected chi connectivity index (χ1v) is 6.03. The number of aromatic nitrogens is 1. The van der Waals surface area contributed by atoms with Crippen molar-refractivity contribution in [2.75, 3.05) is 0 Å². The van der Waals surface area contributed by atoms with Gasteiger partial charge in [0, 0.05) is 18.0 Å². The lowest BCUT2D eigenvalue weighted by Crippen LogP contribution is -2.04. The van der Waals surface area contributed by atoms with Gasteiger partial charge in [0.05, 0.1) is 10.0 Å². The molecular weight excluding hydrogens is 273 g/mol. The van der Waals surface area contributed by atoms with Crippen molar-refractivity contribution >= 4 is 23.2 Å². The van der Waals surface area contributed by atoms with Gasteiger partial charge in [-0.15, -0.1) is 0 Å². The quantitative estimate of drug-likeness (QED) is 0.887. The van der Waals surface area contributed by atoms with Crippen molar-refractivity contribution < 1.29 is 10.2 Å². The lowest BCUT2D eigenvalue weighted by Gasteiger charge is -2.17. The van der Waals surface area contributed by atoms with E-state index < -0.39 is 6.10 Å². The van der Waals surface area contributed by atoms with Crippen LogP contribution in [0.1, 0.15) is 22.8 Å². The molecule has 0 saturated carbocycles. The van der Waals surface area contributed by atoms with Crippen molar-refractivity contribution in [2.45, 2.75) is 13.0 Å². The molecule has 94 valence electrons. The molecule has 0 saturated heterocycles. The van der Waals surface area contributed by atoms with Crippen LogP contribution < -0.4 is 0 Å². The average molecular weight is 284 g/mol. The summed E-state index contributed by atoms with van der Waals surface area (Å²) in [6.45, 7) is 1.82. The summed E-state index contributed by atoms with van der Waals surface area (Å²) in [6, 6.07) is 4.56. The van der Waals surface area contributed by atoms with Gasteiger partial charge in [0.2, 0.25) is 0 Å². The molecule has 0 aliphatic heterocycles. The summed E-state index contributed by atoms with van der Waals surface area (Å²) >= 11 is 11.9. The fourth-order valence-electron chi connectivity index (χ4n) is 1.76. The molecule has 2 N–H and O–H groups in total. The summed E-state index contributed by atoms with van der Waals surface area (Å²) in [4.78, 5) is 3.95. The zero-order valence-electron chi connectivity index (χ0n) is 9.56. The molecular formula is C13H11Cl2NO2. The van der Waals surface area contributed by atoms with Crippen LogP contribution in [0.3, 0.4) is 0 Å². The molecule has 0 aliphatic rings. The molecule has 0 bridgehead atoms. The van der Waals surface area contributed by atoms with E-state index in [1.54, 1.807) is 18.5 Å². The van der Waals surface area contributed by atoms with E-state index in [2.05, 4.69) is 4.98 Å². The Labute approximate surface area is 115 Å². The lowest BCUT2D eigenvalue weighted by atomic mass is 9.98. The predicted molar refractivity (Wildman–Crippen MR) is 71.2 cm³/mol. The molecule has 0 spiro atoms. The molecule has 18 heavy (non-hydrogen) atoms. The van der Waals surface area contributed by atoms with Gasteiger partial charge in [0.1, 0.15) is 11.9 Å². The van der Waals surface area contributed by atoms with Gasteiger partial charge in [0.15, 0.2) is 0 Å². The molecule has 0 amide bonds. The van der Waals surface area contributed by atoms with Crippen molar-refractivity contribution in [1.29, 1.82) is 0 Å². The van der Waals surface area contributed by atoms with Crippen molar-refractivity contribution in [3.05, 3.63) is 57.3 Å². The molecule has 0 aliphatic carbocycles. The molecule has 1 heterocycles. The van der Waals surface area contributed by atoms with Gasteiger partial charge in [-0.3, -0.25) is 4.98 Å². The number of benzene rings is 1. The number of hydrogen-bond donors (Lipinski definition) is 2. The third-order valence-electron chi connectivity index (χ3n) is 2.74. The third-order valence-corrected chi connectivity index (χ3v) is 3.56. The Bertz CT molecular complexity index is 587. The fourth-order valence-corrected chi connectivity index (χ4v) is 2.19. The Hall–Kier alpha value is -1.29. The summed E-state index contributed by atoms with van der Waals surface area (Å²) in [7, 11) is 0. The first-order valence-electron chi connectivity index (χ1n) is 5.27. The summed E-state index contributed by atoms with van der Waals surface area (Å²) in [5.74, 6) is -0.0897. The average Bonchev–Trinajstić information content (AvgIpc) is 2.35. The Kier molecular flexibility index (Phi) is 3.76. The summed E-state index contributed by atoms with van der Waals surface area (Å²) in [5, 5.41) is 20.6. The van der Waals surface area contributed by atoms with E-state index >= 15 is 0 Å². The van der Waals surface area contributed by atoms with Gasteiger partial charge >= 0.3 is 0 Å². The first-order chi connectivity index (χ1) is 8.52. The maximum absolute atomic E-state index is 10.3. The largest absolute Gasteiger partial charge is 0.508 e. The minimum absolute atomic E-state index is 0.0897. The summed E-state index contributed by atoms with van der Waals surface area (Å²) in [6.07, 6.45) is 2.16. The van der Waals surface area contributed by atoms with E-state index in [0.29, 0.717) is 5.56 Å². The van der Waals surface area contributed by atoms with E-state index in [-0.39, 0.29) is 21.4 Å². The number of hydrogen-bond acceptors (Lipinski definition) is 3. The van der Waals surface area contributed by atoms with Crippen LogP contribution in [0.2, 0.25) is 10.0 Å². The predicted octanol–water partition coefficient (Wildman–Crippen LogP) is 3.48. The van der Waals surface area contributed by atoms with Gasteiger partial charge in [-0.1, -0.05) is 23.2 Å². The monoisotopic (exact) mass is 283 g/mol. The second kappa shape index (κ2) is 5.14. The van der Waals surface area contributed by atoms with Crippen molar-refractivity contribution in [2.24, 2.45) is 0 Å². The maximum Gasteiger partial charge on any atom is 0.123 e. The van der Waals surface area contributed by atoms with Gasteiger partial charge < -0.3 is 10.2 Å². The van der Waals surface area contributed by atoms with Gasteiger partial charge in [-0.2, -0.15) is 0 Å². The van der Waals surface area contributed by atoms with E-state index in [9.17, 15) is 10.2 Å². The van der Waals surface area contributed by atoms with Gasteiger partial charge in [-0.25, -0.2) is 0 Å². The zero-order chi connectivity index (χ0) is 13.3. The van der Waals surface area contributed by atoms with Crippen LogP contribution in [0.15, 0.2) is 30.6 Å². The molecule has 1 aromatic carbocycles. The highest BCUT2D eigenvalue weighted by atomic mass is 35.5. The SMILES string of the molecule is Cc1cnccc1C(O)c1c(O)ccc(Cl)c1Cl. The molecule has 0 radical (unpaired) electrons. The second-order valence-electron chi connectivity index (χ2n) is 3.93. The normalized spacial score (nSPS) is 12.4. The third kappa shape index (κ3) is 2.29. The number of aliphatic hydroxyl groups excluding tert-OH is 1. The van der Waals surface area contributed by atoms with Crippen LogP contribution >= 0.6 is 23.2 Å². The Morgan fingerprint density at radius 1 is 1.22 bits per heavy atom. The molecule has 1 unspecified atom stereocenters. The fraction of sp³-hybridized carbons (Fsp3) is 0.154. The Morgan fingerprint density at radius 3 is 2.61 bits per heavy atom. The number of aromatic hydroxyl groups is 1. The number of nitrogens with zero attached hydrogens (tertiary/aromatic N) is 1. The van der Waals surface area contributed by atoms with Crippen LogP contribution in [0.25, 0.3) is 0 Å². The minimum atomic E-state index is -1.04. The zero-order valence-corrected chi connectivity index (χ0v) is 11.1. The number of halogens is 2. The Balaban J connectivity index is 2.56. The van der Waals surface area contributed by atoms with Crippen LogP contribution in [0.5, 0.6) is 5.75 Å². The molecule has 2 rings (SSSR count). The molecule has 1 aromatic heterocycles. The maximum atomic E-state index is 10.3. The lowest BCUT2D eigenvalue weighted by molar-refractivity contribution is 0.215. The molecule has 2 aromatic rings. The van der Waals surface area contributed by atoms with E-state index in [1.165, 1.54) is 12.1 Å². The smallest absolute Gasteiger partial charge is 0.123 e. The number of rotatable bonds is 2. The highest BCUT2D eigenvalue weighted by Gasteiger charge is 2.21. The minimum Gasteiger partial charge on any atom is -0.508 e. The van der Waals surface area contributed by atoms with Gasteiger partial charge in [0.25, 0.3) is 0 Å². The van der Waals surface area contributed by atoms with Gasteiger partial charge in [-0.05, 0) is 36.2 Å². The topological polar surface area (TPSA) is 53.4 Å². The van der Waals surface area contributed by atoms with E-state index in [1.807, 2.05) is 6.92 Å². The Morgan fingerprint density at radius 2 is 1.94 bits per heavy atom. The number of phenols is 1. The second-order valence-corrected chi connectivity index (χ2v) is 4.71. The standard InChI is InChI=1S/C13H11Cl2NO2/c1-7-6-16-5-4-8(7)13(18)11-10(17)3-2-9(14)12(11)15/h2-6,13,17-18H,1H3. The highest BCUT2D eigenvalue weighted by molar-refractivity contribution is 6.42. The van der Waals surface area contributed by atoms with Crippen LogP contribution in [0.4, 0.5) is 0 Å². The van der Waals surface area contributed by atoms with E-state index in [4.69, 9.17) is 23.2 Å². The number of pyridine rings is 1. The van der Waals surface area contributed by atoms with Crippen molar-refractivity contribution in [3.8, 4) is 5.75 Å². The molecule has 3 nitrogen and oxygen atoms in total. The number of aryl methyl sites for hydroxylation is 1. The molecule has 5 heteroatoms. The highest BCUT2D eigenvalue weighted by Crippen LogP contribution is 2.39. The molecule has 1 atom stereocenters. The van der Waals surface area contributed by atoms with Crippen molar-refractivity contribution in [3.63, 3.8) is 0 Å². The number of aliphatic hydroxyl groups is 1. The van der Waals surface area contributed by atoms with E-state index in [0.717, 1.165) is 5.56 Å². The van der Waals surface area contributed by atoms with Crippen LogP contribution in [-0.2, 0) is 0 Å². The summed E-state index contributed by atoms with van der Waals surface area (Å²) in [5.41, 5.74) is 1.64.